The smallest absolute Gasteiger partial charge is 0.253 e. The van der Waals surface area contributed by atoms with Gasteiger partial charge in [0, 0.05) is 30.0 Å². The lowest BCUT2D eigenvalue weighted by Gasteiger charge is -2.12. The molecule has 0 saturated heterocycles. The van der Waals surface area contributed by atoms with Crippen molar-refractivity contribution in [2.24, 2.45) is 0 Å². The molecule has 1 aliphatic rings. The number of aromatic nitrogens is 1. The second-order valence-corrected chi connectivity index (χ2v) is 6.66. The molecule has 0 aliphatic heterocycles. The monoisotopic (exact) mass is 357 g/mol. The van der Waals surface area contributed by atoms with Gasteiger partial charge in [0.05, 0.1) is 11.1 Å². The van der Waals surface area contributed by atoms with E-state index in [-0.39, 0.29) is 17.9 Å². The van der Waals surface area contributed by atoms with E-state index in [0.29, 0.717) is 22.7 Å². The van der Waals surface area contributed by atoms with Gasteiger partial charge in [0.2, 0.25) is 0 Å². The summed E-state index contributed by atoms with van der Waals surface area (Å²) in [6, 6.07) is 9.07. The Bertz CT molecular complexity index is 756. The molecule has 130 valence electrons. The van der Waals surface area contributed by atoms with Gasteiger partial charge in [-0.2, -0.15) is 0 Å². The zero-order chi connectivity index (χ0) is 17.6. The van der Waals surface area contributed by atoms with E-state index in [1.54, 1.807) is 18.2 Å². The summed E-state index contributed by atoms with van der Waals surface area (Å²) in [5.41, 5.74) is 1.72. The van der Waals surface area contributed by atoms with Gasteiger partial charge in [-0.1, -0.05) is 36.6 Å². The topological polar surface area (TPSA) is 71.1 Å². The number of pyridine rings is 1. The predicted molar refractivity (Wildman–Crippen MR) is 96.6 cm³/mol. The van der Waals surface area contributed by atoms with Gasteiger partial charge in [-0.15, -0.1) is 0 Å². The normalized spacial score (nSPS) is 14.3. The zero-order valence-corrected chi connectivity index (χ0v) is 14.6. The highest BCUT2D eigenvalue weighted by Crippen LogP contribution is 2.18. The number of hydrogen-bond donors (Lipinski definition) is 2. The number of nitrogens with one attached hydrogen (secondary N) is 2. The Hall–Kier alpha value is -2.40. The van der Waals surface area contributed by atoms with Crippen LogP contribution in [0.5, 0.6) is 0 Å². The van der Waals surface area contributed by atoms with Crippen LogP contribution in [0.2, 0.25) is 5.02 Å². The molecule has 2 N–H and O–H groups in total. The van der Waals surface area contributed by atoms with Gasteiger partial charge >= 0.3 is 0 Å². The Morgan fingerprint density at radius 3 is 2.36 bits per heavy atom. The summed E-state index contributed by atoms with van der Waals surface area (Å²) < 4.78 is 0. The first-order chi connectivity index (χ1) is 12.1. The van der Waals surface area contributed by atoms with Crippen molar-refractivity contribution in [1.82, 2.24) is 15.6 Å². The molecule has 2 aromatic rings. The summed E-state index contributed by atoms with van der Waals surface area (Å²) in [5.74, 6) is -0.440. The van der Waals surface area contributed by atoms with Crippen LogP contribution in [-0.2, 0) is 6.54 Å². The first kappa shape index (κ1) is 17.4. The van der Waals surface area contributed by atoms with Crippen LogP contribution in [0.25, 0.3) is 0 Å². The van der Waals surface area contributed by atoms with Crippen molar-refractivity contribution in [3.63, 3.8) is 0 Å². The summed E-state index contributed by atoms with van der Waals surface area (Å²) >= 11 is 5.84. The fourth-order valence-corrected chi connectivity index (χ4v) is 3.04. The second-order valence-electron chi connectivity index (χ2n) is 6.23. The highest BCUT2D eigenvalue weighted by Gasteiger charge is 2.19. The molecule has 1 saturated carbocycles. The van der Waals surface area contributed by atoms with Gasteiger partial charge in [0.15, 0.2) is 0 Å². The number of amides is 2. The van der Waals surface area contributed by atoms with Gasteiger partial charge in [-0.05, 0) is 36.6 Å². The van der Waals surface area contributed by atoms with Gasteiger partial charge in [0.1, 0.15) is 0 Å². The van der Waals surface area contributed by atoms with E-state index in [9.17, 15) is 9.59 Å². The van der Waals surface area contributed by atoms with Crippen molar-refractivity contribution in [3.8, 4) is 0 Å². The Kier molecular flexibility index (Phi) is 5.66. The Labute approximate surface area is 151 Å². The van der Waals surface area contributed by atoms with Crippen LogP contribution in [0, 0.1) is 0 Å². The first-order valence-corrected chi connectivity index (χ1v) is 8.78. The Balaban J connectivity index is 1.60. The number of rotatable bonds is 5. The maximum atomic E-state index is 12.3. The maximum Gasteiger partial charge on any atom is 0.253 e. The number of carbonyl (C=O) groups excluding carboxylic acids is 2. The Morgan fingerprint density at radius 2 is 1.68 bits per heavy atom. The van der Waals surface area contributed by atoms with E-state index < -0.39 is 0 Å². The lowest BCUT2D eigenvalue weighted by atomic mass is 10.1. The van der Waals surface area contributed by atoms with Crippen molar-refractivity contribution in [3.05, 3.63) is 64.4 Å². The van der Waals surface area contributed by atoms with Crippen LogP contribution in [0.15, 0.2) is 42.7 Å². The lowest BCUT2D eigenvalue weighted by molar-refractivity contribution is 0.0937. The van der Waals surface area contributed by atoms with Gasteiger partial charge in [-0.25, -0.2) is 0 Å². The molecule has 0 radical (unpaired) electrons. The molecule has 1 aromatic heterocycles. The van der Waals surface area contributed by atoms with Crippen LogP contribution in [0.3, 0.4) is 0 Å². The minimum atomic E-state index is -0.266. The largest absolute Gasteiger partial charge is 0.349 e. The van der Waals surface area contributed by atoms with Crippen molar-refractivity contribution < 1.29 is 9.59 Å². The average Bonchev–Trinajstić information content (AvgIpc) is 3.14. The molecule has 1 aromatic carbocycles. The van der Waals surface area contributed by atoms with Crippen LogP contribution in [-0.4, -0.2) is 22.8 Å². The van der Waals surface area contributed by atoms with Crippen LogP contribution in [0.4, 0.5) is 0 Å². The summed E-state index contributed by atoms with van der Waals surface area (Å²) in [6.45, 7) is 0.383. The molecule has 2 amide bonds. The number of halogens is 1. The molecule has 0 bridgehead atoms. The summed E-state index contributed by atoms with van der Waals surface area (Å²) in [6.07, 6.45) is 7.28. The number of hydrogen-bond acceptors (Lipinski definition) is 3. The second kappa shape index (κ2) is 8.12. The minimum Gasteiger partial charge on any atom is -0.349 e. The number of benzene rings is 1. The molecule has 6 heteroatoms. The van der Waals surface area contributed by atoms with E-state index in [4.69, 9.17) is 11.6 Å². The maximum absolute atomic E-state index is 12.3. The highest BCUT2D eigenvalue weighted by atomic mass is 35.5. The first-order valence-electron chi connectivity index (χ1n) is 8.40. The average molecular weight is 358 g/mol. The van der Waals surface area contributed by atoms with Crippen LogP contribution in [0.1, 0.15) is 52.0 Å². The quantitative estimate of drug-likeness (QED) is 0.862. The molecular formula is C19H20ClN3O2. The minimum absolute atomic E-state index is 0.174. The SMILES string of the molecule is O=C(NCc1ccc(Cl)cc1)c1cncc(C(=O)NC2CCCC2)c1. The predicted octanol–water partition coefficient (Wildman–Crippen LogP) is 3.34. The van der Waals surface area contributed by atoms with Crippen molar-refractivity contribution >= 4 is 23.4 Å². The number of nitrogens with zero attached hydrogens (tertiary/aromatic N) is 1. The fourth-order valence-electron chi connectivity index (χ4n) is 2.91. The molecule has 0 spiro atoms. The third-order valence-corrected chi connectivity index (χ3v) is 4.57. The molecule has 0 unspecified atom stereocenters. The van der Waals surface area contributed by atoms with Gasteiger partial charge < -0.3 is 10.6 Å². The third-order valence-electron chi connectivity index (χ3n) is 4.32. The van der Waals surface area contributed by atoms with Crippen LogP contribution >= 0.6 is 11.6 Å². The summed E-state index contributed by atoms with van der Waals surface area (Å²) in [4.78, 5) is 28.6. The summed E-state index contributed by atoms with van der Waals surface area (Å²) in [5, 5.41) is 6.47. The fraction of sp³-hybridized carbons (Fsp3) is 0.316. The van der Waals surface area contributed by atoms with E-state index in [1.165, 1.54) is 12.4 Å². The number of carbonyl (C=O) groups is 2. The molecule has 1 heterocycles. The molecule has 5 nitrogen and oxygen atoms in total. The molecule has 1 fully saturated rings. The third kappa shape index (κ3) is 4.79. The summed E-state index contributed by atoms with van der Waals surface area (Å²) in [7, 11) is 0. The van der Waals surface area contributed by atoms with Crippen molar-refractivity contribution in [1.29, 1.82) is 0 Å². The van der Waals surface area contributed by atoms with E-state index in [0.717, 1.165) is 31.2 Å². The molecule has 25 heavy (non-hydrogen) atoms. The van der Waals surface area contributed by atoms with E-state index in [2.05, 4.69) is 15.6 Å². The van der Waals surface area contributed by atoms with Crippen molar-refractivity contribution in [2.75, 3.05) is 0 Å². The lowest BCUT2D eigenvalue weighted by Crippen LogP contribution is -2.33. The van der Waals surface area contributed by atoms with E-state index >= 15 is 0 Å². The van der Waals surface area contributed by atoms with E-state index in [1.807, 2.05) is 12.1 Å². The molecular weight excluding hydrogens is 338 g/mol. The van der Waals surface area contributed by atoms with Crippen LogP contribution < -0.4 is 10.6 Å². The zero-order valence-electron chi connectivity index (χ0n) is 13.8. The van der Waals surface area contributed by atoms with Crippen molar-refractivity contribution in [2.45, 2.75) is 38.3 Å². The molecule has 0 atom stereocenters. The highest BCUT2D eigenvalue weighted by molar-refractivity contribution is 6.30. The molecule has 1 aliphatic carbocycles. The standard InChI is InChI=1S/C19H20ClN3O2/c20-16-7-5-13(6-8-16)10-22-18(24)14-9-15(12-21-11-14)19(25)23-17-3-1-2-4-17/h5-9,11-12,17H,1-4,10H2,(H,22,24)(H,23,25). The molecule has 3 rings (SSSR count). The Morgan fingerprint density at radius 1 is 1.04 bits per heavy atom. The van der Waals surface area contributed by atoms with Gasteiger partial charge in [0.25, 0.3) is 11.8 Å². The van der Waals surface area contributed by atoms with Gasteiger partial charge in [-0.3, -0.25) is 14.6 Å².